The molecule has 0 aliphatic rings. The van der Waals surface area contributed by atoms with Gasteiger partial charge in [-0.3, -0.25) is 4.79 Å². The number of oxazole rings is 1. The molecule has 2 aromatic heterocycles. The molecule has 22 heavy (non-hydrogen) atoms. The van der Waals surface area contributed by atoms with Crippen LogP contribution in [0.2, 0.25) is 0 Å². The van der Waals surface area contributed by atoms with Gasteiger partial charge >= 0.3 is 11.6 Å². The van der Waals surface area contributed by atoms with Gasteiger partial charge in [0.1, 0.15) is 11.1 Å². The maximum absolute atomic E-state index is 11.4. The lowest BCUT2D eigenvalue weighted by Crippen LogP contribution is -2.03. The first-order chi connectivity index (χ1) is 10.6. The molecule has 1 aromatic carbocycles. The van der Waals surface area contributed by atoms with E-state index in [2.05, 4.69) is 4.98 Å². The van der Waals surface area contributed by atoms with Gasteiger partial charge in [0.2, 0.25) is 5.89 Å². The van der Waals surface area contributed by atoms with Crippen molar-refractivity contribution in [2.45, 2.75) is 33.3 Å². The van der Waals surface area contributed by atoms with Crippen LogP contribution in [0.15, 0.2) is 31.8 Å². The Kier molecular flexibility index (Phi) is 3.66. The monoisotopic (exact) mass is 301 g/mol. The molecular weight excluding hydrogens is 286 g/mol. The Labute approximate surface area is 125 Å². The number of carbonyl (C=O) groups excluding carboxylic acids is 1. The average molecular weight is 301 g/mol. The van der Waals surface area contributed by atoms with E-state index in [0.717, 1.165) is 17.4 Å². The number of fused-ring (bicyclic) bond motifs is 2. The molecule has 0 amide bonds. The van der Waals surface area contributed by atoms with Crippen LogP contribution < -0.4 is 5.63 Å². The second-order valence-corrected chi connectivity index (χ2v) is 5.08. The van der Waals surface area contributed by atoms with Crippen molar-refractivity contribution in [1.82, 2.24) is 4.98 Å². The molecule has 0 unspecified atom stereocenters. The van der Waals surface area contributed by atoms with E-state index >= 15 is 0 Å². The van der Waals surface area contributed by atoms with Gasteiger partial charge in [-0.15, -0.1) is 0 Å². The van der Waals surface area contributed by atoms with Crippen molar-refractivity contribution in [3.63, 3.8) is 0 Å². The Bertz CT molecular complexity index is 906. The number of nitrogens with zero attached hydrogens (tertiary/aromatic N) is 1. The maximum atomic E-state index is 11.4. The first-order valence-electron chi connectivity index (χ1n) is 7.06. The molecule has 0 aliphatic heterocycles. The summed E-state index contributed by atoms with van der Waals surface area (Å²) in [4.78, 5) is 27.1. The number of ether oxygens (including phenoxy) is 1. The second kappa shape index (κ2) is 5.63. The third-order valence-corrected chi connectivity index (χ3v) is 3.31. The summed E-state index contributed by atoms with van der Waals surface area (Å²) < 4.78 is 15.8. The minimum Gasteiger partial charge on any atom is -0.456 e. The molecule has 114 valence electrons. The summed E-state index contributed by atoms with van der Waals surface area (Å²) in [6.45, 7) is 3.73. The minimum absolute atomic E-state index is 0.00715. The SMILES string of the molecule is CCCC(=O)OCc1nc2cc3c(C)cc(=O)oc3cc2o1. The lowest BCUT2D eigenvalue weighted by molar-refractivity contribution is -0.145. The highest BCUT2D eigenvalue weighted by molar-refractivity contribution is 5.92. The van der Waals surface area contributed by atoms with Crippen LogP contribution >= 0.6 is 0 Å². The van der Waals surface area contributed by atoms with Crippen LogP contribution in [0.5, 0.6) is 0 Å². The van der Waals surface area contributed by atoms with Crippen LogP contribution in [0.25, 0.3) is 22.1 Å². The molecule has 0 N–H and O–H groups in total. The molecule has 6 heteroatoms. The molecule has 0 fully saturated rings. The van der Waals surface area contributed by atoms with E-state index in [1.165, 1.54) is 6.07 Å². The lowest BCUT2D eigenvalue weighted by Gasteiger charge is -1.99. The van der Waals surface area contributed by atoms with Gasteiger partial charge in [-0.2, -0.15) is 0 Å². The van der Waals surface area contributed by atoms with Crippen molar-refractivity contribution in [3.05, 3.63) is 40.1 Å². The number of benzene rings is 1. The summed E-state index contributed by atoms with van der Waals surface area (Å²) in [5.74, 6) is 0.0338. The van der Waals surface area contributed by atoms with Gasteiger partial charge in [0, 0.05) is 23.9 Å². The zero-order valence-electron chi connectivity index (χ0n) is 12.3. The van der Waals surface area contributed by atoms with Crippen molar-refractivity contribution >= 4 is 28.0 Å². The molecular formula is C16H15NO5. The molecule has 0 spiro atoms. The average Bonchev–Trinajstić information content (AvgIpc) is 2.85. The van der Waals surface area contributed by atoms with Gasteiger partial charge in [0.25, 0.3) is 0 Å². The second-order valence-electron chi connectivity index (χ2n) is 5.08. The number of hydrogen-bond donors (Lipinski definition) is 0. The standard InChI is InChI=1S/C16H15NO5/c1-3-4-15(18)20-8-14-17-11-6-10-9(2)5-16(19)22-12(10)7-13(11)21-14/h5-7H,3-4,8H2,1-2H3. The van der Waals surface area contributed by atoms with E-state index in [1.807, 2.05) is 13.8 Å². The van der Waals surface area contributed by atoms with Crippen LogP contribution in [0.1, 0.15) is 31.2 Å². The number of hydrogen-bond acceptors (Lipinski definition) is 6. The zero-order valence-corrected chi connectivity index (χ0v) is 12.3. The van der Waals surface area contributed by atoms with Crippen LogP contribution in [0, 0.1) is 6.92 Å². The summed E-state index contributed by atoms with van der Waals surface area (Å²) >= 11 is 0. The molecule has 6 nitrogen and oxygen atoms in total. The summed E-state index contributed by atoms with van der Waals surface area (Å²) in [5, 5.41) is 0.801. The first-order valence-corrected chi connectivity index (χ1v) is 7.06. The largest absolute Gasteiger partial charge is 0.456 e. The fourth-order valence-corrected chi connectivity index (χ4v) is 2.27. The van der Waals surface area contributed by atoms with Crippen LogP contribution in [-0.4, -0.2) is 11.0 Å². The number of rotatable bonds is 4. The van der Waals surface area contributed by atoms with E-state index in [1.54, 1.807) is 12.1 Å². The predicted octanol–water partition coefficient (Wildman–Crippen LogP) is 3.09. The number of aryl methyl sites for hydroxylation is 1. The Hall–Kier alpha value is -2.63. The van der Waals surface area contributed by atoms with Gasteiger partial charge in [0.05, 0.1) is 0 Å². The van der Waals surface area contributed by atoms with Crippen molar-refractivity contribution in [1.29, 1.82) is 0 Å². The van der Waals surface area contributed by atoms with E-state index in [4.69, 9.17) is 13.6 Å². The van der Waals surface area contributed by atoms with Gasteiger partial charge < -0.3 is 13.6 Å². The number of aromatic nitrogens is 1. The van der Waals surface area contributed by atoms with Crippen LogP contribution in [0.3, 0.4) is 0 Å². The molecule has 0 radical (unpaired) electrons. The number of carbonyl (C=O) groups is 1. The molecule has 0 saturated heterocycles. The van der Waals surface area contributed by atoms with Gasteiger partial charge in [0.15, 0.2) is 12.2 Å². The molecule has 2 heterocycles. The molecule has 0 bridgehead atoms. The van der Waals surface area contributed by atoms with Crippen molar-refractivity contribution in [2.24, 2.45) is 0 Å². The summed E-state index contributed by atoms with van der Waals surface area (Å²) in [7, 11) is 0. The third kappa shape index (κ3) is 2.72. The van der Waals surface area contributed by atoms with E-state index in [0.29, 0.717) is 29.0 Å². The normalized spacial score (nSPS) is 11.2. The molecule has 0 aliphatic carbocycles. The highest BCUT2D eigenvalue weighted by atomic mass is 16.5. The molecule has 0 atom stereocenters. The Morgan fingerprint density at radius 1 is 1.23 bits per heavy atom. The quantitative estimate of drug-likeness (QED) is 0.544. The fourth-order valence-electron chi connectivity index (χ4n) is 2.27. The van der Waals surface area contributed by atoms with Crippen molar-refractivity contribution < 1.29 is 18.4 Å². The van der Waals surface area contributed by atoms with E-state index < -0.39 is 5.63 Å². The van der Waals surface area contributed by atoms with Crippen LogP contribution in [-0.2, 0) is 16.1 Å². The maximum Gasteiger partial charge on any atom is 0.336 e. The Morgan fingerprint density at radius 2 is 2.05 bits per heavy atom. The molecule has 3 aromatic rings. The van der Waals surface area contributed by atoms with Gasteiger partial charge in [-0.05, 0) is 25.0 Å². The highest BCUT2D eigenvalue weighted by Gasteiger charge is 2.12. The highest BCUT2D eigenvalue weighted by Crippen LogP contribution is 2.24. The fraction of sp³-hybridized carbons (Fsp3) is 0.312. The summed E-state index contributed by atoms with van der Waals surface area (Å²) in [5.41, 5.74) is 1.97. The smallest absolute Gasteiger partial charge is 0.336 e. The summed E-state index contributed by atoms with van der Waals surface area (Å²) in [6.07, 6.45) is 1.10. The van der Waals surface area contributed by atoms with E-state index in [-0.39, 0.29) is 12.6 Å². The Morgan fingerprint density at radius 3 is 2.82 bits per heavy atom. The van der Waals surface area contributed by atoms with Gasteiger partial charge in [-0.1, -0.05) is 6.92 Å². The molecule has 3 rings (SSSR count). The van der Waals surface area contributed by atoms with E-state index in [9.17, 15) is 9.59 Å². The lowest BCUT2D eigenvalue weighted by atomic mass is 10.1. The minimum atomic E-state index is -0.405. The predicted molar refractivity (Wildman–Crippen MR) is 79.5 cm³/mol. The Balaban J connectivity index is 1.95. The van der Waals surface area contributed by atoms with Crippen molar-refractivity contribution in [3.8, 4) is 0 Å². The first kappa shape index (κ1) is 14.3. The third-order valence-electron chi connectivity index (χ3n) is 3.31. The summed E-state index contributed by atoms with van der Waals surface area (Å²) in [6, 6.07) is 4.86. The molecule has 0 saturated carbocycles. The topological polar surface area (TPSA) is 82.5 Å². The zero-order chi connectivity index (χ0) is 15.7. The van der Waals surface area contributed by atoms with Crippen LogP contribution in [0.4, 0.5) is 0 Å². The number of esters is 1. The van der Waals surface area contributed by atoms with Gasteiger partial charge in [-0.25, -0.2) is 9.78 Å². The van der Waals surface area contributed by atoms with Crippen molar-refractivity contribution in [2.75, 3.05) is 0 Å².